The highest BCUT2D eigenvalue weighted by Crippen LogP contribution is 2.54. The van der Waals surface area contributed by atoms with Crippen molar-refractivity contribution < 1.29 is 0 Å². The monoisotopic (exact) mass is 418 g/mol. The summed E-state index contributed by atoms with van der Waals surface area (Å²) in [7, 11) is 0. The molecule has 2 heteroatoms. The number of rotatable bonds is 4. The number of hydrogen-bond acceptors (Lipinski definition) is 0. The molecule has 0 bridgehead atoms. The predicted molar refractivity (Wildman–Crippen MR) is 126 cm³/mol. The highest BCUT2D eigenvalue weighted by atomic mass is 35.5. The maximum atomic E-state index is 6.59. The van der Waals surface area contributed by atoms with Crippen LogP contribution in [0.15, 0.2) is 89.5 Å². The third-order valence-electron chi connectivity index (χ3n) is 6.06. The summed E-state index contributed by atoms with van der Waals surface area (Å²) in [6.07, 6.45) is 5.21. The number of fused-ring (bicyclic) bond motifs is 3. The van der Waals surface area contributed by atoms with Gasteiger partial charge in [-0.1, -0.05) is 96.0 Å². The molecule has 0 saturated heterocycles. The molecule has 0 aliphatic heterocycles. The molecule has 0 atom stereocenters. The Hall–Kier alpha value is -2.28. The summed E-state index contributed by atoms with van der Waals surface area (Å²) >= 11 is 12.8. The van der Waals surface area contributed by atoms with E-state index in [1.807, 2.05) is 20.8 Å². The first-order chi connectivity index (χ1) is 13.9. The van der Waals surface area contributed by atoms with Crippen molar-refractivity contribution in [2.45, 2.75) is 32.6 Å². The second kappa shape index (κ2) is 7.86. The Morgan fingerprint density at radius 3 is 2.03 bits per heavy atom. The van der Waals surface area contributed by atoms with Crippen LogP contribution in [0.4, 0.5) is 0 Å². The van der Waals surface area contributed by atoms with Gasteiger partial charge in [-0.3, -0.25) is 0 Å². The molecule has 0 nitrogen and oxygen atoms in total. The van der Waals surface area contributed by atoms with Crippen molar-refractivity contribution in [2.75, 3.05) is 0 Å². The van der Waals surface area contributed by atoms with Crippen molar-refractivity contribution in [1.29, 1.82) is 0 Å². The standard InChI is InChI=1S/C27H24Cl2/c1-18(20(3)28)9-8-16-27(21-15-14-19(2)26(29)17-21)24-12-6-4-10-22(24)23-11-5-7-13-25(23)27/h4-15,17H,16H2,1-3H3/b9-8-,20-18+. The van der Waals surface area contributed by atoms with E-state index in [1.54, 1.807) is 0 Å². The van der Waals surface area contributed by atoms with Crippen molar-refractivity contribution in [2.24, 2.45) is 0 Å². The molecule has 3 aromatic carbocycles. The summed E-state index contributed by atoms with van der Waals surface area (Å²) in [5.74, 6) is 0. The Labute approximate surface area is 183 Å². The van der Waals surface area contributed by atoms with Crippen LogP contribution >= 0.6 is 23.2 Å². The molecule has 0 spiro atoms. The topological polar surface area (TPSA) is 0 Å². The average molecular weight is 419 g/mol. The second-order valence-electron chi connectivity index (χ2n) is 7.78. The largest absolute Gasteiger partial charge is 0.0892 e. The summed E-state index contributed by atoms with van der Waals surface area (Å²) in [5.41, 5.74) is 8.38. The van der Waals surface area contributed by atoms with E-state index in [4.69, 9.17) is 23.2 Å². The van der Waals surface area contributed by atoms with E-state index in [9.17, 15) is 0 Å². The van der Waals surface area contributed by atoms with Gasteiger partial charge in [-0.2, -0.15) is 0 Å². The smallest absolute Gasteiger partial charge is 0.0498 e. The Kier molecular flexibility index (Phi) is 5.42. The third-order valence-corrected chi connectivity index (χ3v) is 6.77. The molecule has 146 valence electrons. The van der Waals surface area contributed by atoms with Gasteiger partial charge in [-0.05, 0) is 72.2 Å². The van der Waals surface area contributed by atoms with E-state index in [-0.39, 0.29) is 5.41 Å². The molecule has 0 N–H and O–H groups in total. The summed E-state index contributed by atoms with van der Waals surface area (Å²) in [6, 6.07) is 24.0. The van der Waals surface area contributed by atoms with Gasteiger partial charge in [0, 0.05) is 15.5 Å². The molecular weight excluding hydrogens is 395 g/mol. The molecule has 0 fully saturated rings. The maximum Gasteiger partial charge on any atom is 0.0498 e. The van der Waals surface area contributed by atoms with E-state index in [0.29, 0.717) is 0 Å². The minimum Gasteiger partial charge on any atom is -0.0892 e. The lowest BCUT2D eigenvalue weighted by molar-refractivity contribution is 0.644. The fourth-order valence-electron chi connectivity index (χ4n) is 4.36. The Bertz CT molecular complexity index is 1090. The van der Waals surface area contributed by atoms with Crippen LogP contribution in [0.2, 0.25) is 5.02 Å². The van der Waals surface area contributed by atoms with Crippen LogP contribution in [0.25, 0.3) is 11.1 Å². The van der Waals surface area contributed by atoms with Crippen molar-refractivity contribution in [3.05, 3.63) is 117 Å². The summed E-state index contributed by atoms with van der Waals surface area (Å²) in [6.45, 7) is 6.02. The van der Waals surface area contributed by atoms with E-state index in [2.05, 4.69) is 78.9 Å². The van der Waals surface area contributed by atoms with Crippen LogP contribution in [0.5, 0.6) is 0 Å². The second-order valence-corrected chi connectivity index (χ2v) is 8.76. The molecule has 0 saturated carbocycles. The molecule has 0 heterocycles. The zero-order valence-electron chi connectivity index (χ0n) is 17.0. The molecule has 3 aromatic rings. The van der Waals surface area contributed by atoms with Gasteiger partial charge >= 0.3 is 0 Å². The zero-order chi connectivity index (χ0) is 20.6. The van der Waals surface area contributed by atoms with Gasteiger partial charge in [0.1, 0.15) is 0 Å². The van der Waals surface area contributed by atoms with Gasteiger partial charge in [-0.25, -0.2) is 0 Å². The Morgan fingerprint density at radius 2 is 1.48 bits per heavy atom. The number of hydrogen-bond donors (Lipinski definition) is 0. The van der Waals surface area contributed by atoms with Gasteiger partial charge in [0.25, 0.3) is 0 Å². The SMILES string of the molecule is C/C(Cl)=C(C)\C=C/CC1(c2ccc(C)c(Cl)c2)c2ccccc2-c2ccccc21. The van der Waals surface area contributed by atoms with Crippen molar-refractivity contribution in [3.8, 4) is 11.1 Å². The minimum atomic E-state index is -0.276. The summed E-state index contributed by atoms with van der Waals surface area (Å²) in [4.78, 5) is 0. The van der Waals surface area contributed by atoms with Crippen LogP contribution in [-0.2, 0) is 5.41 Å². The van der Waals surface area contributed by atoms with E-state index in [0.717, 1.165) is 27.6 Å². The van der Waals surface area contributed by atoms with E-state index < -0.39 is 0 Å². The lowest BCUT2D eigenvalue weighted by Gasteiger charge is -2.32. The van der Waals surface area contributed by atoms with Crippen LogP contribution in [0, 0.1) is 6.92 Å². The fraction of sp³-hybridized carbons (Fsp3) is 0.185. The fourth-order valence-corrected chi connectivity index (χ4v) is 4.60. The number of halogens is 2. The first-order valence-electron chi connectivity index (χ1n) is 9.90. The molecule has 4 rings (SSSR count). The van der Waals surface area contributed by atoms with E-state index in [1.165, 1.54) is 27.8 Å². The summed E-state index contributed by atoms with van der Waals surface area (Å²) in [5, 5.41) is 1.63. The molecule has 1 aliphatic rings. The van der Waals surface area contributed by atoms with Crippen molar-refractivity contribution in [3.63, 3.8) is 0 Å². The van der Waals surface area contributed by atoms with Crippen LogP contribution < -0.4 is 0 Å². The van der Waals surface area contributed by atoms with Gasteiger partial charge in [0.05, 0.1) is 0 Å². The lowest BCUT2D eigenvalue weighted by Crippen LogP contribution is -2.26. The minimum absolute atomic E-state index is 0.276. The number of benzene rings is 3. The first-order valence-corrected chi connectivity index (χ1v) is 10.7. The van der Waals surface area contributed by atoms with Crippen LogP contribution in [0.1, 0.15) is 42.5 Å². The van der Waals surface area contributed by atoms with Crippen molar-refractivity contribution >= 4 is 23.2 Å². The zero-order valence-corrected chi connectivity index (χ0v) is 18.5. The van der Waals surface area contributed by atoms with E-state index >= 15 is 0 Å². The quantitative estimate of drug-likeness (QED) is 0.372. The molecule has 0 amide bonds. The molecule has 29 heavy (non-hydrogen) atoms. The van der Waals surface area contributed by atoms with Crippen LogP contribution in [-0.4, -0.2) is 0 Å². The Balaban J connectivity index is 1.99. The maximum absolute atomic E-state index is 6.59. The summed E-state index contributed by atoms with van der Waals surface area (Å²) < 4.78 is 0. The number of aryl methyl sites for hydroxylation is 1. The Morgan fingerprint density at radius 1 is 0.897 bits per heavy atom. The van der Waals surface area contributed by atoms with Crippen LogP contribution in [0.3, 0.4) is 0 Å². The van der Waals surface area contributed by atoms with Gasteiger partial charge in [0.2, 0.25) is 0 Å². The van der Waals surface area contributed by atoms with Gasteiger partial charge in [-0.15, -0.1) is 0 Å². The highest BCUT2D eigenvalue weighted by molar-refractivity contribution is 6.31. The van der Waals surface area contributed by atoms with Gasteiger partial charge < -0.3 is 0 Å². The molecule has 0 unspecified atom stereocenters. The van der Waals surface area contributed by atoms with Gasteiger partial charge in [0.15, 0.2) is 0 Å². The molecule has 0 radical (unpaired) electrons. The third kappa shape index (κ3) is 3.35. The normalized spacial score (nSPS) is 15.2. The highest BCUT2D eigenvalue weighted by Gasteiger charge is 2.43. The lowest BCUT2D eigenvalue weighted by atomic mass is 9.70. The first kappa shape index (κ1) is 20.0. The average Bonchev–Trinajstić information content (AvgIpc) is 3.01. The molecule has 0 aromatic heterocycles. The molecular formula is C27H24Cl2. The molecule has 1 aliphatic carbocycles. The number of allylic oxidation sites excluding steroid dienone is 4. The van der Waals surface area contributed by atoms with Crippen molar-refractivity contribution in [1.82, 2.24) is 0 Å². The predicted octanol–water partition coefficient (Wildman–Crippen LogP) is 8.44.